The van der Waals surface area contributed by atoms with Crippen LogP contribution in [0.5, 0.6) is 5.75 Å². The van der Waals surface area contributed by atoms with Gasteiger partial charge in [-0.05, 0) is 19.1 Å². The van der Waals surface area contributed by atoms with Gasteiger partial charge in [0.2, 0.25) is 0 Å². The van der Waals surface area contributed by atoms with E-state index in [9.17, 15) is 4.79 Å². The Hall–Kier alpha value is -1.23. The van der Waals surface area contributed by atoms with Crippen LogP contribution in [0.25, 0.3) is 0 Å². The number of hydrogen-bond acceptors (Lipinski definition) is 3. The van der Waals surface area contributed by atoms with Crippen molar-refractivity contribution in [2.24, 2.45) is 7.05 Å². The minimum Gasteiger partial charge on any atom is -0.486 e. The zero-order valence-corrected chi connectivity index (χ0v) is 13.1. The summed E-state index contributed by atoms with van der Waals surface area (Å²) in [7, 11) is 1.74. The smallest absolute Gasteiger partial charge is 0.153 e. The van der Waals surface area contributed by atoms with Gasteiger partial charge in [-0.1, -0.05) is 34.8 Å². The quantitative estimate of drug-likeness (QED) is 0.792. The highest BCUT2D eigenvalue weighted by atomic mass is 35.5. The summed E-state index contributed by atoms with van der Waals surface area (Å²) in [6.45, 7) is 2.00. The molecule has 0 saturated heterocycles. The van der Waals surface area contributed by atoms with Crippen molar-refractivity contribution in [1.29, 1.82) is 0 Å². The van der Waals surface area contributed by atoms with Crippen molar-refractivity contribution in [3.8, 4) is 5.75 Å². The Balaban J connectivity index is 2.29. The van der Waals surface area contributed by atoms with Crippen molar-refractivity contribution in [1.82, 2.24) is 9.78 Å². The number of rotatable bonds is 4. The molecule has 20 heavy (non-hydrogen) atoms. The average molecular weight is 334 g/mol. The zero-order chi connectivity index (χ0) is 14.9. The Morgan fingerprint density at radius 2 is 2.05 bits per heavy atom. The lowest BCUT2D eigenvalue weighted by Crippen LogP contribution is -2.00. The van der Waals surface area contributed by atoms with Gasteiger partial charge in [-0.25, -0.2) is 0 Å². The predicted molar refractivity (Wildman–Crippen MR) is 79.1 cm³/mol. The van der Waals surface area contributed by atoms with Crippen molar-refractivity contribution in [2.45, 2.75) is 13.5 Å². The molecule has 2 aromatic rings. The zero-order valence-electron chi connectivity index (χ0n) is 10.8. The van der Waals surface area contributed by atoms with E-state index < -0.39 is 0 Å². The minimum atomic E-state index is 0.167. The second kappa shape index (κ2) is 6.04. The van der Waals surface area contributed by atoms with Crippen LogP contribution in [0.3, 0.4) is 0 Å². The van der Waals surface area contributed by atoms with Gasteiger partial charge in [-0.15, -0.1) is 0 Å². The van der Waals surface area contributed by atoms with Crippen molar-refractivity contribution >= 4 is 41.1 Å². The first kappa shape index (κ1) is 15.2. The third-order valence-electron chi connectivity index (χ3n) is 2.79. The maximum absolute atomic E-state index is 11.0. The molecule has 106 valence electrons. The Morgan fingerprint density at radius 1 is 1.35 bits per heavy atom. The van der Waals surface area contributed by atoms with Crippen molar-refractivity contribution in [3.63, 3.8) is 0 Å². The molecule has 0 aliphatic heterocycles. The lowest BCUT2D eigenvalue weighted by molar-refractivity contribution is 0.111. The number of benzene rings is 1. The maximum atomic E-state index is 11.0. The first-order valence-electron chi connectivity index (χ1n) is 5.69. The number of ether oxygens (including phenoxy) is 1. The van der Waals surface area contributed by atoms with E-state index in [0.29, 0.717) is 22.0 Å². The van der Waals surface area contributed by atoms with Gasteiger partial charge in [0, 0.05) is 17.6 Å². The molecule has 0 bridgehead atoms. The topological polar surface area (TPSA) is 44.1 Å². The molecule has 4 nitrogen and oxygen atoms in total. The Labute approximate surface area is 131 Å². The highest BCUT2D eigenvalue weighted by Gasteiger charge is 2.15. The summed E-state index contributed by atoms with van der Waals surface area (Å²) in [5.41, 5.74) is 1.80. The second-order valence-corrected chi connectivity index (χ2v) is 5.39. The summed E-state index contributed by atoms with van der Waals surface area (Å²) in [5, 5.41) is 5.32. The van der Waals surface area contributed by atoms with E-state index in [1.165, 1.54) is 12.1 Å². The summed E-state index contributed by atoms with van der Waals surface area (Å²) in [6, 6.07) is 3.01. The molecule has 0 N–H and O–H groups in total. The number of aldehydes is 1. The molecule has 7 heteroatoms. The molecule has 1 aromatic heterocycles. The number of hydrogen-bond donors (Lipinski definition) is 0. The second-order valence-electron chi connectivity index (χ2n) is 4.19. The molecule has 0 radical (unpaired) electrons. The SMILES string of the molecule is Cc1nn(C)c(Cl)c1COc1c(Cl)cc(Cl)cc1C=O. The molecule has 0 spiro atoms. The first-order valence-corrected chi connectivity index (χ1v) is 6.82. The normalized spacial score (nSPS) is 10.7. The number of nitrogens with zero attached hydrogens (tertiary/aromatic N) is 2. The molecule has 0 aliphatic carbocycles. The van der Waals surface area contributed by atoms with Gasteiger partial charge in [0.05, 0.1) is 16.3 Å². The largest absolute Gasteiger partial charge is 0.486 e. The molecule has 0 aliphatic rings. The number of aromatic nitrogens is 2. The van der Waals surface area contributed by atoms with Crippen molar-refractivity contribution < 1.29 is 9.53 Å². The van der Waals surface area contributed by atoms with Crippen LogP contribution < -0.4 is 4.74 Å². The van der Waals surface area contributed by atoms with Crippen molar-refractivity contribution in [3.05, 3.63) is 44.2 Å². The van der Waals surface area contributed by atoms with Gasteiger partial charge in [-0.2, -0.15) is 5.10 Å². The van der Waals surface area contributed by atoms with E-state index in [4.69, 9.17) is 39.5 Å². The fourth-order valence-corrected chi connectivity index (χ4v) is 2.60. The van der Waals surface area contributed by atoms with Gasteiger partial charge in [0.25, 0.3) is 0 Å². The van der Waals surface area contributed by atoms with E-state index in [-0.39, 0.29) is 17.4 Å². The minimum absolute atomic E-state index is 0.167. The van der Waals surface area contributed by atoms with E-state index in [1.54, 1.807) is 11.7 Å². The molecular formula is C13H11Cl3N2O2. The number of carbonyl (C=O) groups excluding carboxylic acids is 1. The number of carbonyl (C=O) groups is 1. The standard InChI is InChI=1S/C13H11Cl3N2O2/c1-7-10(13(16)18(2)17-7)6-20-12-8(5-19)3-9(14)4-11(12)15/h3-5H,6H2,1-2H3. The molecule has 0 unspecified atom stereocenters. The summed E-state index contributed by atoms with van der Waals surface area (Å²) in [4.78, 5) is 11.0. The van der Waals surface area contributed by atoms with E-state index in [2.05, 4.69) is 5.10 Å². The van der Waals surface area contributed by atoms with Crippen LogP contribution in [0.4, 0.5) is 0 Å². The summed E-state index contributed by atoms with van der Waals surface area (Å²) in [5.74, 6) is 0.283. The highest BCUT2D eigenvalue weighted by Crippen LogP contribution is 2.32. The van der Waals surface area contributed by atoms with Crippen LogP contribution in [0, 0.1) is 6.92 Å². The van der Waals surface area contributed by atoms with Crippen molar-refractivity contribution in [2.75, 3.05) is 0 Å². The monoisotopic (exact) mass is 332 g/mol. The van der Waals surface area contributed by atoms with E-state index >= 15 is 0 Å². The number of halogens is 3. The molecule has 0 amide bonds. The van der Waals surface area contributed by atoms with Gasteiger partial charge in [0.15, 0.2) is 6.29 Å². The van der Waals surface area contributed by atoms with E-state index in [0.717, 1.165) is 11.3 Å². The van der Waals surface area contributed by atoms with Crippen LogP contribution in [-0.2, 0) is 13.7 Å². The fraction of sp³-hybridized carbons (Fsp3) is 0.231. The molecule has 1 aromatic carbocycles. The Morgan fingerprint density at radius 3 is 2.60 bits per heavy atom. The average Bonchev–Trinajstić information content (AvgIpc) is 2.62. The lowest BCUT2D eigenvalue weighted by Gasteiger charge is -2.10. The van der Waals surface area contributed by atoms with Gasteiger partial charge >= 0.3 is 0 Å². The Kier molecular flexibility index (Phi) is 4.58. The molecule has 2 rings (SSSR count). The Bertz CT molecular complexity index is 668. The highest BCUT2D eigenvalue weighted by molar-refractivity contribution is 6.36. The van der Waals surface area contributed by atoms with Gasteiger partial charge in [-0.3, -0.25) is 9.48 Å². The van der Waals surface area contributed by atoms with Crippen LogP contribution in [-0.4, -0.2) is 16.1 Å². The maximum Gasteiger partial charge on any atom is 0.153 e. The third kappa shape index (κ3) is 2.92. The summed E-state index contributed by atoms with van der Waals surface area (Å²) >= 11 is 18.0. The molecule has 0 saturated carbocycles. The van der Waals surface area contributed by atoms with Crippen LogP contribution in [0.1, 0.15) is 21.6 Å². The lowest BCUT2D eigenvalue weighted by atomic mass is 10.2. The fourth-order valence-electron chi connectivity index (χ4n) is 1.80. The summed E-state index contributed by atoms with van der Waals surface area (Å²) < 4.78 is 7.17. The van der Waals surface area contributed by atoms with E-state index in [1.807, 2.05) is 6.92 Å². The van der Waals surface area contributed by atoms with Crippen LogP contribution >= 0.6 is 34.8 Å². The van der Waals surface area contributed by atoms with Gasteiger partial charge < -0.3 is 4.74 Å². The molecule has 0 atom stereocenters. The molecule has 1 heterocycles. The molecule has 0 fully saturated rings. The summed E-state index contributed by atoms with van der Waals surface area (Å²) in [6.07, 6.45) is 0.644. The first-order chi connectivity index (χ1) is 9.43. The van der Waals surface area contributed by atoms with Gasteiger partial charge in [0.1, 0.15) is 17.5 Å². The third-order valence-corrected chi connectivity index (χ3v) is 3.77. The predicted octanol–water partition coefficient (Wildman–Crippen LogP) is 4.08. The van der Waals surface area contributed by atoms with Crippen LogP contribution in [0.15, 0.2) is 12.1 Å². The molecular weight excluding hydrogens is 323 g/mol. The number of aryl methyl sites for hydroxylation is 2. The van der Waals surface area contributed by atoms with Crippen LogP contribution in [0.2, 0.25) is 15.2 Å².